The summed E-state index contributed by atoms with van der Waals surface area (Å²) in [7, 11) is -3.50. The number of nitrogens with one attached hydrogen (secondary N) is 1. The van der Waals surface area contributed by atoms with Gasteiger partial charge in [-0.1, -0.05) is 24.3 Å². The van der Waals surface area contributed by atoms with Crippen LogP contribution < -0.4 is 21.5 Å². The first-order valence-electron chi connectivity index (χ1n) is 6.69. The summed E-state index contributed by atoms with van der Waals surface area (Å²) in [6.07, 6.45) is 3.87. The average molecular weight is 300 g/mol. The summed E-state index contributed by atoms with van der Waals surface area (Å²) in [5.41, 5.74) is 6.44. The first kappa shape index (κ1) is 13.9. The van der Waals surface area contributed by atoms with Gasteiger partial charge < -0.3 is 11.1 Å². The fraction of sp³-hybridized carbons (Fsp3) is 0.125. The fourth-order valence-corrected chi connectivity index (χ4v) is 3.61. The third kappa shape index (κ3) is 2.57. The molecule has 0 saturated heterocycles. The molecule has 1 aliphatic heterocycles. The fourth-order valence-electron chi connectivity index (χ4n) is 2.31. The normalized spacial score (nSPS) is 13.6. The number of hydrogen-bond acceptors (Lipinski definition) is 4. The van der Waals surface area contributed by atoms with Gasteiger partial charge in [-0.05, 0) is 40.3 Å². The van der Waals surface area contributed by atoms with Crippen molar-refractivity contribution in [2.45, 2.75) is 16.3 Å². The maximum Gasteiger partial charge on any atom is 0.206 e. The molecule has 2 aromatic carbocycles. The van der Waals surface area contributed by atoms with Gasteiger partial charge in [0.25, 0.3) is 0 Å². The van der Waals surface area contributed by atoms with Crippen molar-refractivity contribution in [3.05, 3.63) is 58.5 Å². The molecule has 0 radical (unpaired) electrons. The first-order valence-corrected chi connectivity index (χ1v) is 8.17. The van der Waals surface area contributed by atoms with Gasteiger partial charge in [-0.3, -0.25) is 0 Å². The minimum atomic E-state index is -3.50. The third-order valence-electron chi connectivity index (χ3n) is 3.54. The van der Waals surface area contributed by atoms with Gasteiger partial charge in [-0.15, -0.1) is 0 Å². The lowest BCUT2D eigenvalue weighted by atomic mass is 10.2. The van der Waals surface area contributed by atoms with Crippen molar-refractivity contribution in [2.24, 2.45) is 5.73 Å². The van der Waals surface area contributed by atoms with E-state index in [0.29, 0.717) is 11.4 Å². The van der Waals surface area contributed by atoms with Crippen molar-refractivity contribution < 1.29 is 8.42 Å². The number of sulfone groups is 1. The highest BCUT2D eigenvalue weighted by Crippen LogP contribution is 2.19. The topological polar surface area (TPSA) is 72.2 Å². The van der Waals surface area contributed by atoms with Crippen LogP contribution in [0.4, 0.5) is 0 Å². The molecule has 108 valence electrons. The van der Waals surface area contributed by atoms with Gasteiger partial charge in [-0.25, -0.2) is 8.42 Å². The van der Waals surface area contributed by atoms with Crippen LogP contribution in [0.1, 0.15) is 5.56 Å². The molecule has 0 aromatic heterocycles. The SMILES string of the molecule is NCc1ccc(S(=O)(=O)c2ccc3c(c2)=CNCC=3)cc1. The molecule has 1 heterocycles. The number of fused-ring (bicyclic) bond motifs is 1. The molecule has 1 aliphatic rings. The Morgan fingerprint density at radius 2 is 1.71 bits per heavy atom. The van der Waals surface area contributed by atoms with Crippen molar-refractivity contribution in [1.29, 1.82) is 0 Å². The zero-order valence-electron chi connectivity index (χ0n) is 11.4. The van der Waals surface area contributed by atoms with Gasteiger partial charge in [0.2, 0.25) is 9.84 Å². The van der Waals surface area contributed by atoms with Gasteiger partial charge in [0.1, 0.15) is 0 Å². The molecule has 0 bridgehead atoms. The molecule has 3 N–H and O–H groups in total. The summed E-state index contributed by atoms with van der Waals surface area (Å²) >= 11 is 0. The zero-order chi connectivity index (χ0) is 14.9. The van der Waals surface area contributed by atoms with E-state index >= 15 is 0 Å². The highest BCUT2D eigenvalue weighted by atomic mass is 32.2. The van der Waals surface area contributed by atoms with Crippen molar-refractivity contribution >= 4 is 22.1 Å². The van der Waals surface area contributed by atoms with Crippen molar-refractivity contribution in [3.8, 4) is 0 Å². The Balaban J connectivity index is 2.10. The maximum absolute atomic E-state index is 12.6. The van der Waals surface area contributed by atoms with E-state index in [2.05, 4.69) is 5.32 Å². The first-order chi connectivity index (χ1) is 10.1. The minimum absolute atomic E-state index is 0.285. The van der Waals surface area contributed by atoms with Crippen LogP contribution in [0.25, 0.3) is 12.3 Å². The lowest BCUT2D eigenvalue weighted by molar-refractivity contribution is 0.596. The molecule has 0 amide bonds. The summed E-state index contributed by atoms with van der Waals surface area (Å²) < 4.78 is 25.3. The molecule has 0 atom stereocenters. The van der Waals surface area contributed by atoms with Crippen LogP contribution in [0, 0.1) is 0 Å². The molecular formula is C16H16N2O2S. The second-order valence-corrected chi connectivity index (χ2v) is 6.85. The van der Waals surface area contributed by atoms with Crippen LogP contribution in [0.15, 0.2) is 52.3 Å². The molecule has 0 saturated carbocycles. The molecule has 3 rings (SSSR count). The van der Waals surface area contributed by atoms with E-state index in [1.165, 1.54) is 0 Å². The van der Waals surface area contributed by atoms with E-state index in [9.17, 15) is 8.42 Å². The van der Waals surface area contributed by atoms with Crippen LogP contribution in [-0.4, -0.2) is 15.0 Å². The lowest BCUT2D eigenvalue weighted by Gasteiger charge is -2.08. The Morgan fingerprint density at radius 1 is 1.00 bits per heavy atom. The number of hydrogen-bond donors (Lipinski definition) is 2. The van der Waals surface area contributed by atoms with Gasteiger partial charge in [0.05, 0.1) is 9.79 Å². The van der Waals surface area contributed by atoms with Crippen LogP contribution in [-0.2, 0) is 16.4 Å². The minimum Gasteiger partial charge on any atom is -0.387 e. The maximum atomic E-state index is 12.6. The third-order valence-corrected chi connectivity index (χ3v) is 5.30. The Kier molecular flexibility index (Phi) is 3.53. The predicted molar refractivity (Wildman–Crippen MR) is 82.4 cm³/mol. The van der Waals surface area contributed by atoms with E-state index in [4.69, 9.17) is 5.73 Å². The van der Waals surface area contributed by atoms with Gasteiger partial charge in [-0.2, -0.15) is 0 Å². The summed E-state index contributed by atoms with van der Waals surface area (Å²) in [6.45, 7) is 1.16. The van der Waals surface area contributed by atoms with Crippen LogP contribution >= 0.6 is 0 Å². The van der Waals surface area contributed by atoms with Crippen LogP contribution in [0.3, 0.4) is 0 Å². The monoisotopic (exact) mass is 300 g/mol. The highest BCUT2D eigenvalue weighted by molar-refractivity contribution is 7.91. The summed E-state index contributed by atoms with van der Waals surface area (Å²) in [5, 5.41) is 5.02. The number of benzene rings is 2. The summed E-state index contributed by atoms with van der Waals surface area (Å²) in [6, 6.07) is 11.9. The van der Waals surface area contributed by atoms with E-state index in [-0.39, 0.29) is 4.90 Å². The van der Waals surface area contributed by atoms with Crippen molar-refractivity contribution in [3.63, 3.8) is 0 Å². The number of rotatable bonds is 3. The molecule has 0 unspecified atom stereocenters. The summed E-state index contributed by atoms with van der Waals surface area (Å²) in [5.74, 6) is 0. The predicted octanol–water partition coefficient (Wildman–Crippen LogP) is 0.0998. The van der Waals surface area contributed by atoms with Gasteiger partial charge >= 0.3 is 0 Å². The molecule has 0 spiro atoms. The zero-order valence-corrected chi connectivity index (χ0v) is 12.2. The van der Waals surface area contributed by atoms with Gasteiger partial charge in [0, 0.05) is 19.3 Å². The van der Waals surface area contributed by atoms with E-state index in [1.807, 2.05) is 18.3 Å². The van der Waals surface area contributed by atoms with Crippen molar-refractivity contribution in [1.82, 2.24) is 5.32 Å². The van der Waals surface area contributed by atoms with E-state index < -0.39 is 9.84 Å². The van der Waals surface area contributed by atoms with Crippen molar-refractivity contribution in [2.75, 3.05) is 6.54 Å². The molecular weight excluding hydrogens is 284 g/mol. The smallest absolute Gasteiger partial charge is 0.206 e. The Hall–Kier alpha value is -2.11. The van der Waals surface area contributed by atoms with Crippen LogP contribution in [0.5, 0.6) is 0 Å². The van der Waals surface area contributed by atoms with Gasteiger partial charge in [0.15, 0.2) is 0 Å². The standard InChI is InChI=1S/C16H16N2O2S/c17-10-12-1-4-15(5-2-12)21(19,20)16-6-3-13-7-8-18-11-14(13)9-16/h1-7,9,11,18H,8,10,17H2. The van der Waals surface area contributed by atoms with Crippen LogP contribution in [0.2, 0.25) is 0 Å². The second-order valence-electron chi connectivity index (χ2n) is 4.90. The Bertz CT molecular complexity index is 885. The molecule has 0 aliphatic carbocycles. The van der Waals surface area contributed by atoms with E-state index in [1.54, 1.807) is 36.4 Å². The van der Waals surface area contributed by atoms with E-state index in [0.717, 1.165) is 22.5 Å². The average Bonchev–Trinajstić information content (AvgIpc) is 2.54. The molecule has 2 aromatic rings. The molecule has 0 fully saturated rings. The second kappa shape index (κ2) is 5.35. The molecule has 5 heteroatoms. The lowest BCUT2D eigenvalue weighted by Crippen LogP contribution is -2.33. The number of nitrogens with two attached hydrogens (primary N) is 1. The summed E-state index contributed by atoms with van der Waals surface area (Å²) in [4.78, 5) is 0.586. The highest BCUT2D eigenvalue weighted by Gasteiger charge is 2.17. The Labute approximate surface area is 123 Å². The molecule has 21 heavy (non-hydrogen) atoms. The Morgan fingerprint density at radius 3 is 2.43 bits per heavy atom. The quantitative estimate of drug-likeness (QED) is 0.843. The molecule has 4 nitrogen and oxygen atoms in total. The largest absolute Gasteiger partial charge is 0.387 e.